The number of piperidine rings is 1. The van der Waals surface area contributed by atoms with Gasteiger partial charge >= 0.3 is 5.97 Å². The van der Waals surface area contributed by atoms with Gasteiger partial charge in [0, 0.05) is 26.7 Å². The molecule has 0 atom stereocenters. The van der Waals surface area contributed by atoms with Crippen LogP contribution in [0.15, 0.2) is 52.1 Å². The summed E-state index contributed by atoms with van der Waals surface area (Å²) in [6.45, 7) is 0.662. The maximum atomic E-state index is 12.5. The van der Waals surface area contributed by atoms with Crippen molar-refractivity contribution in [3.05, 3.63) is 53.4 Å². The lowest BCUT2D eigenvalue weighted by Gasteiger charge is -2.29. The van der Waals surface area contributed by atoms with Crippen molar-refractivity contribution in [1.82, 2.24) is 9.21 Å². The molecule has 1 aromatic heterocycles. The molecule has 1 fully saturated rings. The number of sulfonamides is 1. The fourth-order valence-electron chi connectivity index (χ4n) is 3.18. The van der Waals surface area contributed by atoms with Crippen LogP contribution in [0.2, 0.25) is 0 Å². The summed E-state index contributed by atoms with van der Waals surface area (Å²) in [4.78, 5) is 26.0. The number of esters is 1. The van der Waals surface area contributed by atoms with Crippen molar-refractivity contribution >= 4 is 33.2 Å². The van der Waals surface area contributed by atoms with E-state index in [1.54, 1.807) is 24.6 Å². The molecule has 0 unspecified atom stereocenters. The van der Waals surface area contributed by atoms with Gasteiger partial charge in [-0.3, -0.25) is 9.59 Å². The van der Waals surface area contributed by atoms with E-state index in [-0.39, 0.29) is 25.6 Å². The average Bonchev–Trinajstić information content (AvgIpc) is 3.28. The number of carbonyl (C=O) groups is 2. The van der Waals surface area contributed by atoms with Crippen LogP contribution in [0, 0.1) is 5.92 Å². The Morgan fingerprint density at radius 2 is 1.83 bits per heavy atom. The van der Waals surface area contributed by atoms with Crippen molar-refractivity contribution in [2.45, 2.75) is 23.6 Å². The molecule has 0 N–H and O–H groups in total. The number of hydrogen-bond acceptors (Lipinski definition) is 6. The number of benzene rings is 1. The molecule has 3 rings (SSSR count). The summed E-state index contributed by atoms with van der Waals surface area (Å²) < 4.78 is 32.0. The van der Waals surface area contributed by atoms with Gasteiger partial charge in [0.25, 0.3) is 15.9 Å². The summed E-state index contributed by atoms with van der Waals surface area (Å²) in [5, 5.41) is 1.73. The number of carbonyl (C=O) groups excluding carboxylic acids is 2. The minimum absolute atomic E-state index is 0.266. The number of hydrogen-bond donors (Lipinski definition) is 0. The SMILES string of the molecule is CN(Cc1ccccc1)C(=O)COC(=O)C1CCN(S(=O)(=O)c2cccs2)CC1. The van der Waals surface area contributed by atoms with Gasteiger partial charge in [0.05, 0.1) is 5.92 Å². The van der Waals surface area contributed by atoms with Gasteiger partial charge in [-0.1, -0.05) is 36.4 Å². The van der Waals surface area contributed by atoms with Crippen LogP contribution in [-0.4, -0.2) is 56.2 Å². The molecule has 7 nitrogen and oxygen atoms in total. The number of nitrogens with zero attached hydrogens (tertiary/aromatic N) is 2. The highest BCUT2D eigenvalue weighted by atomic mass is 32.2. The third-order valence-corrected chi connectivity index (χ3v) is 8.17. The highest BCUT2D eigenvalue weighted by molar-refractivity contribution is 7.91. The molecule has 1 aliphatic heterocycles. The molecule has 2 aromatic rings. The number of thiophene rings is 1. The molecule has 29 heavy (non-hydrogen) atoms. The summed E-state index contributed by atoms with van der Waals surface area (Å²) >= 11 is 1.18. The Hall–Kier alpha value is -2.23. The van der Waals surface area contributed by atoms with Gasteiger partial charge in [-0.2, -0.15) is 4.31 Å². The third kappa shape index (κ3) is 5.43. The molecular formula is C20H24N2O5S2. The van der Waals surface area contributed by atoms with Crippen molar-refractivity contribution in [2.75, 3.05) is 26.7 Å². The Morgan fingerprint density at radius 1 is 1.14 bits per heavy atom. The van der Waals surface area contributed by atoms with Crippen molar-refractivity contribution in [3.63, 3.8) is 0 Å². The fraction of sp³-hybridized carbons (Fsp3) is 0.400. The molecule has 156 valence electrons. The second kappa shape index (κ2) is 9.51. The van der Waals surface area contributed by atoms with Crippen molar-refractivity contribution in [2.24, 2.45) is 5.92 Å². The van der Waals surface area contributed by atoms with Gasteiger partial charge in [-0.25, -0.2) is 8.42 Å². The van der Waals surface area contributed by atoms with Crippen molar-refractivity contribution in [3.8, 4) is 0 Å². The topological polar surface area (TPSA) is 84.0 Å². The Kier molecular flexibility index (Phi) is 7.05. The zero-order valence-electron chi connectivity index (χ0n) is 16.2. The van der Waals surface area contributed by atoms with E-state index in [4.69, 9.17) is 4.74 Å². The van der Waals surface area contributed by atoms with Crippen molar-refractivity contribution < 1.29 is 22.7 Å². The van der Waals surface area contributed by atoms with E-state index in [1.165, 1.54) is 20.5 Å². The lowest BCUT2D eigenvalue weighted by Crippen LogP contribution is -2.41. The lowest BCUT2D eigenvalue weighted by molar-refractivity contribution is -0.156. The van der Waals surface area contributed by atoms with E-state index in [0.717, 1.165) is 5.56 Å². The monoisotopic (exact) mass is 436 g/mol. The van der Waals surface area contributed by atoms with Crippen LogP contribution in [0.25, 0.3) is 0 Å². The Bertz CT molecular complexity index is 921. The highest BCUT2D eigenvalue weighted by Crippen LogP contribution is 2.26. The van der Waals surface area contributed by atoms with Gasteiger partial charge in [-0.15, -0.1) is 11.3 Å². The summed E-state index contributed by atoms with van der Waals surface area (Å²) in [5.41, 5.74) is 0.994. The van der Waals surface area contributed by atoms with Gasteiger partial charge in [0.2, 0.25) is 0 Å². The van der Waals surface area contributed by atoms with Crippen molar-refractivity contribution in [1.29, 1.82) is 0 Å². The molecule has 0 spiro atoms. The van der Waals surface area contributed by atoms with E-state index in [9.17, 15) is 18.0 Å². The zero-order valence-corrected chi connectivity index (χ0v) is 17.8. The molecule has 1 saturated heterocycles. The molecule has 1 amide bonds. The number of ether oxygens (including phenoxy) is 1. The normalized spacial score (nSPS) is 15.8. The first-order valence-corrected chi connectivity index (χ1v) is 11.7. The number of likely N-dealkylation sites (N-methyl/N-ethyl adjacent to an activating group) is 1. The second-order valence-corrected chi connectivity index (χ2v) is 10.1. The third-order valence-electron chi connectivity index (χ3n) is 4.90. The van der Waals surface area contributed by atoms with Crippen LogP contribution in [0.5, 0.6) is 0 Å². The first-order chi connectivity index (χ1) is 13.9. The molecule has 2 heterocycles. The molecule has 1 aromatic carbocycles. The van der Waals surface area contributed by atoms with E-state index >= 15 is 0 Å². The van der Waals surface area contributed by atoms with Crippen LogP contribution in [0.3, 0.4) is 0 Å². The Balaban J connectivity index is 1.44. The van der Waals surface area contributed by atoms with Gasteiger partial charge in [-0.05, 0) is 29.9 Å². The standard InChI is InChI=1S/C20H24N2O5S2/c1-21(14-16-6-3-2-4-7-16)18(23)15-27-20(24)17-9-11-22(12-10-17)29(25,26)19-8-5-13-28-19/h2-8,13,17H,9-12,14-15H2,1H3. The second-order valence-electron chi connectivity index (χ2n) is 6.95. The molecule has 0 aliphatic carbocycles. The van der Waals surface area contributed by atoms with Crippen LogP contribution in [0.4, 0.5) is 0 Å². The van der Waals surface area contributed by atoms with Gasteiger partial charge in [0.15, 0.2) is 6.61 Å². The molecule has 0 saturated carbocycles. The maximum absolute atomic E-state index is 12.5. The highest BCUT2D eigenvalue weighted by Gasteiger charge is 2.33. The summed E-state index contributed by atoms with van der Waals surface area (Å²) in [7, 11) is -1.83. The van der Waals surface area contributed by atoms with Crippen LogP contribution in [0.1, 0.15) is 18.4 Å². The average molecular weight is 437 g/mol. The molecule has 9 heteroatoms. The predicted octanol–water partition coefficient (Wildman–Crippen LogP) is 2.35. The van der Waals surface area contributed by atoms with E-state index < -0.39 is 21.9 Å². The first-order valence-electron chi connectivity index (χ1n) is 9.36. The Morgan fingerprint density at radius 3 is 2.45 bits per heavy atom. The summed E-state index contributed by atoms with van der Waals surface area (Å²) in [5.74, 6) is -1.11. The van der Waals surface area contributed by atoms with Gasteiger partial charge < -0.3 is 9.64 Å². The smallest absolute Gasteiger partial charge is 0.309 e. The lowest BCUT2D eigenvalue weighted by atomic mass is 9.98. The summed E-state index contributed by atoms with van der Waals surface area (Å²) in [6, 6.07) is 12.8. The number of rotatable bonds is 7. The molecule has 1 aliphatic rings. The first kappa shape index (κ1) is 21.5. The minimum Gasteiger partial charge on any atom is -0.455 e. The quantitative estimate of drug-likeness (QED) is 0.622. The van der Waals surface area contributed by atoms with E-state index in [2.05, 4.69) is 0 Å². The fourth-order valence-corrected chi connectivity index (χ4v) is 5.79. The molecule has 0 bridgehead atoms. The molecular weight excluding hydrogens is 412 g/mol. The maximum Gasteiger partial charge on any atom is 0.309 e. The zero-order chi connectivity index (χ0) is 20.9. The van der Waals surface area contributed by atoms with Crippen LogP contribution in [-0.2, 0) is 30.9 Å². The van der Waals surface area contributed by atoms with E-state index in [1.807, 2.05) is 30.3 Å². The molecule has 0 radical (unpaired) electrons. The van der Waals surface area contributed by atoms with Gasteiger partial charge in [0.1, 0.15) is 4.21 Å². The Labute approximate surface area is 174 Å². The minimum atomic E-state index is -3.50. The van der Waals surface area contributed by atoms with E-state index in [0.29, 0.717) is 23.6 Å². The largest absolute Gasteiger partial charge is 0.455 e. The number of amides is 1. The summed E-state index contributed by atoms with van der Waals surface area (Å²) in [6.07, 6.45) is 0.773. The predicted molar refractivity (Wildman–Crippen MR) is 110 cm³/mol. The van der Waals surface area contributed by atoms with Crippen LogP contribution < -0.4 is 0 Å². The van der Waals surface area contributed by atoms with Crippen LogP contribution >= 0.6 is 11.3 Å².